The number of benzene rings is 1. The number of phenolic OH excluding ortho intramolecular Hbond substituents is 1. The Kier molecular flexibility index (Phi) is 3.44. The third-order valence-corrected chi connectivity index (χ3v) is 2.37. The summed E-state index contributed by atoms with van der Waals surface area (Å²) in [5, 5.41) is 18.6. The zero-order valence-corrected chi connectivity index (χ0v) is 9.63. The number of phenols is 1. The highest BCUT2D eigenvalue weighted by Gasteiger charge is 2.07. The van der Waals surface area contributed by atoms with Crippen molar-refractivity contribution in [1.82, 2.24) is 4.98 Å². The fourth-order valence-corrected chi connectivity index (χ4v) is 1.67. The monoisotopic (exact) mass is 233 g/mol. The maximum Gasteiger partial charge on any atom is 0.198 e. The molecule has 0 fully saturated rings. The number of aromatic nitrogens is 1. The molecular weight excluding hydrogens is 218 g/mol. The summed E-state index contributed by atoms with van der Waals surface area (Å²) in [6, 6.07) is 6.99. The molecule has 0 radical (unpaired) electrons. The first-order valence-corrected chi connectivity index (χ1v) is 5.53. The van der Waals surface area contributed by atoms with E-state index in [1.165, 1.54) is 0 Å². The number of hydrogen-bond donors (Lipinski definition) is 2. The number of oxazole rings is 1. The van der Waals surface area contributed by atoms with Crippen LogP contribution in [0.3, 0.4) is 0 Å². The molecule has 2 aromatic rings. The van der Waals surface area contributed by atoms with Gasteiger partial charge in [0, 0.05) is 12.8 Å². The van der Waals surface area contributed by atoms with Crippen LogP contribution in [-0.4, -0.2) is 21.3 Å². The molecule has 0 aliphatic carbocycles. The van der Waals surface area contributed by atoms with Gasteiger partial charge in [-0.25, -0.2) is 4.98 Å². The molecule has 0 amide bonds. The highest BCUT2D eigenvalue weighted by Crippen LogP contribution is 2.15. The molecule has 1 unspecified atom stereocenters. The fraction of sp³-hybridized carbons (Fsp3) is 0.308. The van der Waals surface area contributed by atoms with Crippen molar-refractivity contribution in [1.29, 1.82) is 0 Å². The van der Waals surface area contributed by atoms with E-state index in [1.54, 1.807) is 31.4 Å². The van der Waals surface area contributed by atoms with Gasteiger partial charge < -0.3 is 14.6 Å². The van der Waals surface area contributed by atoms with Gasteiger partial charge in [-0.2, -0.15) is 0 Å². The molecule has 0 saturated carbocycles. The minimum absolute atomic E-state index is 0.235. The van der Waals surface area contributed by atoms with Gasteiger partial charge in [-0.15, -0.1) is 0 Å². The standard InChI is InChI=1S/C13H15NO3/c1-9(15)5-11-8-17-13(14-11)7-10-3-2-4-12(16)6-10/h2-4,6,8-9,15-16H,5,7H2,1H3. The Morgan fingerprint density at radius 3 is 2.94 bits per heavy atom. The lowest BCUT2D eigenvalue weighted by Gasteiger charge is -1.98. The molecule has 17 heavy (non-hydrogen) atoms. The molecule has 4 nitrogen and oxygen atoms in total. The first-order chi connectivity index (χ1) is 8.13. The Morgan fingerprint density at radius 2 is 2.24 bits per heavy atom. The van der Waals surface area contributed by atoms with E-state index in [1.807, 2.05) is 6.07 Å². The maximum absolute atomic E-state index is 9.33. The van der Waals surface area contributed by atoms with Gasteiger partial charge in [0.15, 0.2) is 5.89 Å². The summed E-state index contributed by atoms with van der Waals surface area (Å²) in [4.78, 5) is 4.27. The third kappa shape index (κ3) is 3.32. The van der Waals surface area contributed by atoms with E-state index < -0.39 is 6.10 Å². The number of nitrogens with zero attached hydrogens (tertiary/aromatic N) is 1. The normalized spacial score (nSPS) is 12.6. The van der Waals surface area contributed by atoms with E-state index >= 15 is 0 Å². The van der Waals surface area contributed by atoms with E-state index in [0.717, 1.165) is 11.3 Å². The van der Waals surface area contributed by atoms with Gasteiger partial charge in [-0.05, 0) is 24.6 Å². The van der Waals surface area contributed by atoms with Crippen LogP contribution < -0.4 is 0 Å². The van der Waals surface area contributed by atoms with Gasteiger partial charge in [0.2, 0.25) is 0 Å². The van der Waals surface area contributed by atoms with Crippen molar-refractivity contribution in [3.63, 3.8) is 0 Å². The van der Waals surface area contributed by atoms with Crippen LogP contribution in [0.25, 0.3) is 0 Å². The number of aliphatic hydroxyl groups is 1. The smallest absolute Gasteiger partial charge is 0.198 e. The topological polar surface area (TPSA) is 66.5 Å². The average molecular weight is 233 g/mol. The molecule has 0 saturated heterocycles. The van der Waals surface area contributed by atoms with Crippen molar-refractivity contribution in [3.05, 3.63) is 47.7 Å². The molecule has 1 aromatic carbocycles. The van der Waals surface area contributed by atoms with E-state index in [2.05, 4.69) is 4.98 Å². The van der Waals surface area contributed by atoms with Crippen LogP contribution >= 0.6 is 0 Å². The molecule has 4 heteroatoms. The van der Waals surface area contributed by atoms with Crippen LogP contribution in [0.4, 0.5) is 0 Å². The van der Waals surface area contributed by atoms with Crippen molar-refractivity contribution in [3.8, 4) is 5.75 Å². The summed E-state index contributed by atoms with van der Waals surface area (Å²) in [6.07, 6.45) is 2.16. The van der Waals surface area contributed by atoms with Crippen molar-refractivity contribution < 1.29 is 14.6 Å². The van der Waals surface area contributed by atoms with Gasteiger partial charge in [0.25, 0.3) is 0 Å². The number of aliphatic hydroxyl groups excluding tert-OH is 1. The Bertz CT molecular complexity index is 491. The second-order valence-corrected chi connectivity index (χ2v) is 4.13. The highest BCUT2D eigenvalue weighted by molar-refractivity contribution is 5.28. The lowest BCUT2D eigenvalue weighted by atomic mass is 10.1. The first-order valence-electron chi connectivity index (χ1n) is 5.53. The highest BCUT2D eigenvalue weighted by atomic mass is 16.3. The average Bonchev–Trinajstić information content (AvgIpc) is 2.64. The van der Waals surface area contributed by atoms with Crippen molar-refractivity contribution in [2.45, 2.75) is 25.9 Å². The quantitative estimate of drug-likeness (QED) is 0.846. The van der Waals surface area contributed by atoms with Crippen LogP contribution in [0.2, 0.25) is 0 Å². The molecule has 1 atom stereocenters. The first kappa shape index (κ1) is 11.7. The van der Waals surface area contributed by atoms with Crippen molar-refractivity contribution in [2.24, 2.45) is 0 Å². The Morgan fingerprint density at radius 1 is 1.41 bits per heavy atom. The Hall–Kier alpha value is -1.81. The molecule has 90 valence electrons. The van der Waals surface area contributed by atoms with Crippen molar-refractivity contribution >= 4 is 0 Å². The van der Waals surface area contributed by atoms with Gasteiger partial charge in [0.05, 0.1) is 11.8 Å². The SMILES string of the molecule is CC(O)Cc1coc(Cc2cccc(O)c2)n1. The molecule has 0 bridgehead atoms. The molecule has 0 aliphatic rings. The number of hydrogen-bond acceptors (Lipinski definition) is 4. The van der Waals surface area contributed by atoms with E-state index in [4.69, 9.17) is 4.42 Å². The lowest BCUT2D eigenvalue weighted by molar-refractivity contribution is 0.194. The van der Waals surface area contributed by atoms with Gasteiger partial charge >= 0.3 is 0 Å². The van der Waals surface area contributed by atoms with E-state index in [-0.39, 0.29) is 5.75 Å². The van der Waals surface area contributed by atoms with Gasteiger partial charge in [-0.3, -0.25) is 0 Å². The predicted octanol–water partition coefficient (Wildman–Crippen LogP) is 1.89. The number of aromatic hydroxyl groups is 1. The summed E-state index contributed by atoms with van der Waals surface area (Å²) in [5.41, 5.74) is 1.69. The van der Waals surface area contributed by atoms with E-state index in [9.17, 15) is 10.2 Å². The Labute approximate surface area is 99.6 Å². The number of rotatable bonds is 4. The largest absolute Gasteiger partial charge is 0.508 e. The molecule has 2 rings (SSSR count). The van der Waals surface area contributed by atoms with Crippen LogP contribution in [-0.2, 0) is 12.8 Å². The zero-order chi connectivity index (χ0) is 12.3. The maximum atomic E-state index is 9.33. The molecule has 0 spiro atoms. The summed E-state index contributed by atoms with van der Waals surface area (Å²) < 4.78 is 5.31. The molecule has 1 heterocycles. The van der Waals surface area contributed by atoms with Crippen LogP contribution in [0.5, 0.6) is 5.75 Å². The van der Waals surface area contributed by atoms with Crippen LogP contribution in [0.1, 0.15) is 24.1 Å². The van der Waals surface area contributed by atoms with Gasteiger partial charge in [-0.1, -0.05) is 12.1 Å². The summed E-state index contributed by atoms with van der Waals surface area (Å²) in [5.74, 6) is 0.824. The molecule has 2 N–H and O–H groups in total. The minimum atomic E-state index is -0.422. The van der Waals surface area contributed by atoms with Gasteiger partial charge in [0.1, 0.15) is 12.0 Å². The molecule has 0 aliphatic heterocycles. The lowest BCUT2D eigenvalue weighted by Crippen LogP contribution is -2.04. The Balaban J connectivity index is 2.06. The second kappa shape index (κ2) is 5.01. The van der Waals surface area contributed by atoms with Crippen molar-refractivity contribution in [2.75, 3.05) is 0 Å². The second-order valence-electron chi connectivity index (χ2n) is 4.13. The third-order valence-electron chi connectivity index (χ3n) is 2.37. The summed E-state index contributed by atoms with van der Waals surface area (Å²) in [6.45, 7) is 1.71. The summed E-state index contributed by atoms with van der Waals surface area (Å²) in [7, 11) is 0. The predicted molar refractivity (Wildman–Crippen MR) is 62.8 cm³/mol. The van der Waals surface area contributed by atoms with Crippen LogP contribution in [0.15, 0.2) is 34.9 Å². The summed E-state index contributed by atoms with van der Waals surface area (Å²) >= 11 is 0. The molecule has 1 aromatic heterocycles. The molecular formula is C13H15NO3. The van der Waals surface area contributed by atoms with Crippen LogP contribution in [0, 0.1) is 0 Å². The zero-order valence-electron chi connectivity index (χ0n) is 9.63. The minimum Gasteiger partial charge on any atom is -0.508 e. The fourth-order valence-electron chi connectivity index (χ4n) is 1.67. The van der Waals surface area contributed by atoms with E-state index in [0.29, 0.717) is 18.7 Å².